The predicted octanol–water partition coefficient (Wildman–Crippen LogP) is 0.357. The Morgan fingerprint density at radius 3 is 2.79 bits per heavy atom. The molecule has 1 unspecified atom stereocenters. The van der Waals surface area contributed by atoms with E-state index in [1.807, 2.05) is 25.1 Å². The van der Waals surface area contributed by atoms with E-state index in [4.69, 9.17) is 4.74 Å². The first-order chi connectivity index (χ1) is 9.16. The Kier molecular flexibility index (Phi) is 4.93. The molecule has 1 aliphatic heterocycles. The van der Waals surface area contributed by atoms with Crippen LogP contribution in [0.3, 0.4) is 0 Å². The molecule has 0 radical (unpaired) electrons. The average Bonchev–Trinajstić information content (AvgIpc) is 2.46. The molecule has 1 aliphatic rings. The highest BCUT2D eigenvalue weighted by Crippen LogP contribution is 2.15. The topological polar surface area (TPSA) is 53.5 Å². The lowest BCUT2D eigenvalue weighted by molar-refractivity contribution is 0.0250. The number of nitrogens with zero attached hydrogens (tertiary/aromatic N) is 4. The van der Waals surface area contributed by atoms with Crippen LogP contribution in [0.15, 0.2) is 12.4 Å². The van der Waals surface area contributed by atoms with Crippen molar-refractivity contribution in [3.05, 3.63) is 12.4 Å². The molecule has 1 aromatic rings. The molecule has 1 saturated heterocycles. The fraction of sp³-hybridized carbons (Fsp3) is 0.692. The SMILES string of the molecule is CN(C)c1cc(N(C)CCC2CNCCO2)ncn1. The third-order valence-corrected chi connectivity index (χ3v) is 3.28. The molecule has 1 fully saturated rings. The van der Waals surface area contributed by atoms with Crippen molar-refractivity contribution in [2.75, 3.05) is 57.2 Å². The van der Waals surface area contributed by atoms with Gasteiger partial charge < -0.3 is 19.9 Å². The molecule has 0 aliphatic carbocycles. The summed E-state index contributed by atoms with van der Waals surface area (Å²) in [5, 5.41) is 3.35. The maximum atomic E-state index is 5.70. The van der Waals surface area contributed by atoms with Crippen molar-refractivity contribution >= 4 is 11.6 Å². The number of rotatable bonds is 5. The first-order valence-electron chi connectivity index (χ1n) is 6.69. The van der Waals surface area contributed by atoms with E-state index in [1.54, 1.807) is 6.33 Å². The molecule has 2 rings (SSSR count). The zero-order chi connectivity index (χ0) is 13.7. The molecular formula is C13H23N5O. The summed E-state index contributed by atoms with van der Waals surface area (Å²) in [5.41, 5.74) is 0. The molecule has 6 nitrogen and oxygen atoms in total. The van der Waals surface area contributed by atoms with Crippen LogP contribution < -0.4 is 15.1 Å². The quantitative estimate of drug-likeness (QED) is 0.829. The Balaban J connectivity index is 1.88. The summed E-state index contributed by atoms with van der Waals surface area (Å²) >= 11 is 0. The Morgan fingerprint density at radius 2 is 2.11 bits per heavy atom. The molecule has 1 atom stereocenters. The molecule has 0 amide bonds. The van der Waals surface area contributed by atoms with E-state index >= 15 is 0 Å². The number of morpholine rings is 1. The van der Waals surface area contributed by atoms with E-state index < -0.39 is 0 Å². The van der Waals surface area contributed by atoms with E-state index in [2.05, 4.69) is 27.2 Å². The van der Waals surface area contributed by atoms with Crippen LogP contribution in [0.5, 0.6) is 0 Å². The van der Waals surface area contributed by atoms with Gasteiger partial charge in [0.05, 0.1) is 12.7 Å². The summed E-state index contributed by atoms with van der Waals surface area (Å²) in [7, 11) is 6.01. The van der Waals surface area contributed by atoms with Gasteiger partial charge in [-0.25, -0.2) is 9.97 Å². The fourth-order valence-electron chi connectivity index (χ4n) is 2.05. The van der Waals surface area contributed by atoms with Crippen LogP contribution in [0.25, 0.3) is 0 Å². The van der Waals surface area contributed by atoms with Crippen LogP contribution in [0.4, 0.5) is 11.6 Å². The van der Waals surface area contributed by atoms with Gasteiger partial charge in [-0.1, -0.05) is 0 Å². The van der Waals surface area contributed by atoms with Gasteiger partial charge in [-0.05, 0) is 6.42 Å². The van der Waals surface area contributed by atoms with Crippen molar-refractivity contribution in [3.63, 3.8) is 0 Å². The summed E-state index contributed by atoms with van der Waals surface area (Å²) in [4.78, 5) is 12.7. The van der Waals surface area contributed by atoms with Gasteiger partial charge in [0.1, 0.15) is 18.0 Å². The van der Waals surface area contributed by atoms with Gasteiger partial charge in [0.15, 0.2) is 0 Å². The molecule has 0 bridgehead atoms. The number of ether oxygens (including phenoxy) is 1. The molecule has 1 N–H and O–H groups in total. The van der Waals surface area contributed by atoms with E-state index in [0.29, 0.717) is 6.10 Å². The van der Waals surface area contributed by atoms with Crippen LogP contribution in [-0.4, -0.2) is 63.5 Å². The van der Waals surface area contributed by atoms with E-state index in [-0.39, 0.29) is 0 Å². The fourth-order valence-corrected chi connectivity index (χ4v) is 2.05. The Bertz CT molecular complexity index is 392. The highest BCUT2D eigenvalue weighted by molar-refractivity contribution is 5.48. The second kappa shape index (κ2) is 6.68. The molecule has 0 spiro atoms. The van der Waals surface area contributed by atoms with Gasteiger partial charge in [0, 0.05) is 46.8 Å². The van der Waals surface area contributed by atoms with E-state index in [9.17, 15) is 0 Å². The third-order valence-electron chi connectivity index (χ3n) is 3.28. The minimum absolute atomic E-state index is 0.311. The second-order valence-electron chi connectivity index (χ2n) is 5.04. The second-order valence-corrected chi connectivity index (χ2v) is 5.04. The minimum atomic E-state index is 0.311. The predicted molar refractivity (Wildman–Crippen MR) is 76.9 cm³/mol. The monoisotopic (exact) mass is 265 g/mol. The van der Waals surface area contributed by atoms with Crippen LogP contribution >= 0.6 is 0 Å². The van der Waals surface area contributed by atoms with Crippen LogP contribution in [-0.2, 0) is 4.74 Å². The van der Waals surface area contributed by atoms with Crippen LogP contribution in [0.1, 0.15) is 6.42 Å². The molecule has 0 aromatic carbocycles. The summed E-state index contributed by atoms with van der Waals surface area (Å²) < 4.78 is 5.70. The van der Waals surface area contributed by atoms with Crippen LogP contribution in [0.2, 0.25) is 0 Å². The first-order valence-corrected chi connectivity index (χ1v) is 6.69. The maximum Gasteiger partial charge on any atom is 0.133 e. The maximum absolute atomic E-state index is 5.70. The lowest BCUT2D eigenvalue weighted by atomic mass is 10.2. The van der Waals surface area contributed by atoms with Gasteiger partial charge in [0.25, 0.3) is 0 Å². The molecule has 1 aromatic heterocycles. The number of aromatic nitrogens is 2. The van der Waals surface area contributed by atoms with Gasteiger partial charge in [-0.2, -0.15) is 0 Å². The van der Waals surface area contributed by atoms with Crippen LogP contribution in [0, 0.1) is 0 Å². The largest absolute Gasteiger partial charge is 0.376 e. The summed E-state index contributed by atoms with van der Waals surface area (Å²) in [6.45, 7) is 3.65. The van der Waals surface area contributed by atoms with Crippen molar-refractivity contribution in [2.24, 2.45) is 0 Å². The lowest BCUT2D eigenvalue weighted by Gasteiger charge is -2.26. The summed E-state index contributed by atoms with van der Waals surface area (Å²) in [5.74, 6) is 1.87. The van der Waals surface area contributed by atoms with Crippen molar-refractivity contribution in [3.8, 4) is 0 Å². The highest BCUT2D eigenvalue weighted by Gasteiger charge is 2.14. The highest BCUT2D eigenvalue weighted by atomic mass is 16.5. The van der Waals surface area contributed by atoms with Crippen molar-refractivity contribution < 1.29 is 4.74 Å². The normalized spacial score (nSPS) is 19.2. The van der Waals surface area contributed by atoms with Gasteiger partial charge in [-0.3, -0.25) is 0 Å². The van der Waals surface area contributed by atoms with E-state index in [0.717, 1.165) is 44.3 Å². The van der Waals surface area contributed by atoms with Gasteiger partial charge in [-0.15, -0.1) is 0 Å². The molecule has 106 valence electrons. The Morgan fingerprint density at radius 1 is 1.32 bits per heavy atom. The molecule has 19 heavy (non-hydrogen) atoms. The Hall–Kier alpha value is -1.40. The van der Waals surface area contributed by atoms with Gasteiger partial charge >= 0.3 is 0 Å². The molecule has 0 saturated carbocycles. The Labute approximate surface area is 114 Å². The number of hydrogen-bond donors (Lipinski definition) is 1. The van der Waals surface area contributed by atoms with E-state index in [1.165, 1.54) is 0 Å². The van der Waals surface area contributed by atoms with Crippen molar-refractivity contribution in [2.45, 2.75) is 12.5 Å². The number of anilines is 2. The standard InChI is InChI=1S/C13H23N5O/c1-17(2)12-8-13(16-10-15-12)18(3)6-4-11-9-14-5-7-19-11/h8,10-11,14H,4-7,9H2,1-3H3. The zero-order valence-corrected chi connectivity index (χ0v) is 12.0. The summed E-state index contributed by atoms with van der Waals surface area (Å²) in [6, 6.07) is 2.00. The van der Waals surface area contributed by atoms with Crippen molar-refractivity contribution in [1.29, 1.82) is 0 Å². The first kappa shape index (κ1) is 14.0. The molecular weight excluding hydrogens is 242 g/mol. The smallest absolute Gasteiger partial charge is 0.133 e. The minimum Gasteiger partial charge on any atom is -0.376 e. The third kappa shape index (κ3) is 4.04. The average molecular weight is 265 g/mol. The number of hydrogen-bond acceptors (Lipinski definition) is 6. The lowest BCUT2D eigenvalue weighted by Crippen LogP contribution is -2.40. The molecule has 6 heteroatoms. The van der Waals surface area contributed by atoms with Crippen molar-refractivity contribution in [1.82, 2.24) is 15.3 Å². The summed E-state index contributed by atoms with van der Waals surface area (Å²) in [6.07, 6.45) is 2.93. The molecule has 2 heterocycles. The van der Waals surface area contributed by atoms with Gasteiger partial charge in [0.2, 0.25) is 0 Å². The number of nitrogens with one attached hydrogen (secondary N) is 1. The zero-order valence-electron chi connectivity index (χ0n) is 12.0.